The summed E-state index contributed by atoms with van der Waals surface area (Å²) in [6.07, 6.45) is -1.12. The van der Waals surface area contributed by atoms with Crippen LogP contribution in [0.2, 0.25) is 5.02 Å². The SMILES string of the molecule is COC(=O)N(C)NC(=O)C1=C(NC(=O)c2cc(Cn3cnc(C(F)(F)F)n3)nn2-c2ncccc2Cl)C(C)=CC(I)C1. The first-order chi connectivity index (χ1) is 19.8. The molecule has 3 amide bonds. The van der Waals surface area contributed by atoms with Gasteiger partial charge in [-0.1, -0.05) is 40.3 Å². The van der Waals surface area contributed by atoms with Crippen LogP contribution >= 0.6 is 34.2 Å². The fourth-order valence-electron chi connectivity index (χ4n) is 3.94. The van der Waals surface area contributed by atoms with Crippen molar-refractivity contribution in [1.29, 1.82) is 0 Å². The fourth-order valence-corrected chi connectivity index (χ4v) is 5.12. The molecule has 222 valence electrons. The molecule has 1 unspecified atom stereocenters. The van der Waals surface area contributed by atoms with Crippen molar-refractivity contribution in [3.63, 3.8) is 0 Å². The summed E-state index contributed by atoms with van der Waals surface area (Å²) < 4.78 is 45.5. The Balaban J connectivity index is 1.71. The molecule has 0 radical (unpaired) electrons. The van der Waals surface area contributed by atoms with E-state index >= 15 is 0 Å². The molecule has 3 aromatic rings. The monoisotopic (exact) mass is 719 g/mol. The first-order valence-corrected chi connectivity index (χ1v) is 13.6. The van der Waals surface area contributed by atoms with Gasteiger partial charge in [-0.15, -0.1) is 5.10 Å². The first-order valence-electron chi connectivity index (χ1n) is 11.9. The van der Waals surface area contributed by atoms with E-state index in [1.165, 1.54) is 25.4 Å². The number of hydrazine groups is 1. The van der Waals surface area contributed by atoms with Gasteiger partial charge in [-0.05, 0) is 37.1 Å². The van der Waals surface area contributed by atoms with Gasteiger partial charge in [0.2, 0.25) is 0 Å². The molecule has 0 aromatic carbocycles. The van der Waals surface area contributed by atoms with Crippen LogP contribution in [0.4, 0.5) is 18.0 Å². The lowest BCUT2D eigenvalue weighted by atomic mass is 9.95. The van der Waals surface area contributed by atoms with Gasteiger partial charge in [0.05, 0.1) is 30.1 Å². The highest BCUT2D eigenvalue weighted by molar-refractivity contribution is 14.1. The van der Waals surface area contributed by atoms with E-state index in [9.17, 15) is 27.6 Å². The summed E-state index contributed by atoms with van der Waals surface area (Å²) in [7, 11) is 2.47. The molecule has 18 heteroatoms. The van der Waals surface area contributed by atoms with Crippen LogP contribution in [0.5, 0.6) is 0 Å². The van der Waals surface area contributed by atoms with Gasteiger partial charge in [0.1, 0.15) is 12.0 Å². The molecule has 1 aliphatic carbocycles. The summed E-state index contributed by atoms with van der Waals surface area (Å²) in [4.78, 5) is 46.0. The van der Waals surface area contributed by atoms with Crippen LogP contribution in [0.15, 0.2) is 53.6 Å². The van der Waals surface area contributed by atoms with Crippen molar-refractivity contribution < 1.29 is 32.3 Å². The Labute approximate surface area is 254 Å². The number of nitrogens with zero attached hydrogens (tertiary/aromatic N) is 7. The molecule has 0 saturated heterocycles. The molecular formula is C24H22ClF3IN9O4. The second-order valence-electron chi connectivity index (χ2n) is 8.85. The molecule has 42 heavy (non-hydrogen) atoms. The molecule has 0 aliphatic heterocycles. The van der Waals surface area contributed by atoms with Crippen molar-refractivity contribution in [3.05, 3.63) is 75.9 Å². The first kappa shape index (κ1) is 30.9. The molecule has 4 rings (SSSR count). The van der Waals surface area contributed by atoms with Crippen molar-refractivity contribution in [2.75, 3.05) is 14.2 Å². The lowest BCUT2D eigenvalue weighted by Gasteiger charge is -2.25. The number of pyridine rings is 1. The Morgan fingerprint density at radius 3 is 2.62 bits per heavy atom. The number of nitrogens with one attached hydrogen (secondary N) is 2. The van der Waals surface area contributed by atoms with Gasteiger partial charge in [-0.3, -0.25) is 15.0 Å². The summed E-state index contributed by atoms with van der Waals surface area (Å²) >= 11 is 8.46. The summed E-state index contributed by atoms with van der Waals surface area (Å²) in [6, 6.07) is 4.43. The van der Waals surface area contributed by atoms with Gasteiger partial charge in [0, 0.05) is 22.7 Å². The smallest absolute Gasteiger partial charge is 0.452 e. The maximum atomic E-state index is 13.7. The number of halogens is 5. The van der Waals surface area contributed by atoms with Crippen LogP contribution < -0.4 is 10.7 Å². The maximum absolute atomic E-state index is 13.7. The van der Waals surface area contributed by atoms with Gasteiger partial charge in [-0.25, -0.2) is 29.1 Å². The minimum absolute atomic E-state index is 0.0786. The molecule has 1 atom stereocenters. The predicted octanol–water partition coefficient (Wildman–Crippen LogP) is 3.45. The largest absolute Gasteiger partial charge is 0.453 e. The number of rotatable bonds is 6. The normalized spacial score (nSPS) is 15.2. The molecule has 2 N–H and O–H groups in total. The number of carbonyl (C=O) groups is 3. The molecule has 0 fully saturated rings. The maximum Gasteiger partial charge on any atom is 0.453 e. The minimum atomic E-state index is -4.73. The lowest BCUT2D eigenvalue weighted by Crippen LogP contribution is -2.45. The van der Waals surface area contributed by atoms with Gasteiger partial charge in [0.25, 0.3) is 17.6 Å². The Morgan fingerprint density at radius 2 is 1.98 bits per heavy atom. The molecule has 0 bridgehead atoms. The third-order valence-electron chi connectivity index (χ3n) is 5.80. The van der Waals surface area contributed by atoms with E-state index in [-0.39, 0.29) is 50.4 Å². The topological polar surface area (TPSA) is 149 Å². The Morgan fingerprint density at radius 1 is 1.24 bits per heavy atom. The van der Waals surface area contributed by atoms with Gasteiger partial charge in [-0.2, -0.15) is 18.3 Å². The second kappa shape index (κ2) is 12.5. The number of alkyl halides is 4. The molecule has 1 aliphatic rings. The molecule has 0 saturated carbocycles. The number of ether oxygens (including phenoxy) is 1. The van der Waals surface area contributed by atoms with Crippen LogP contribution in [0, 0.1) is 0 Å². The summed E-state index contributed by atoms with van der Waals surface area (Å²) in [5.74, 6) is -2.59. The van der Waals surface area contributed by atoms with Crippen molar-refractivity contribution in [3.8, 4) is 5.82 Å². The highest BCUT2D eigenvalue weighted by Gasteiger charge is 2.36. The average molecular weight is 720 g/mol. The van der Waals surface area contributed by atoms with E-state index < -0.39 is 29.9 Å². The number of hydrogen-bond acceptors (Lipinski definition) is 8. The van der Waals surface area contributed by atoms with Crippen molar-refractivity contribution in [2.45, 2.75) is 30.0 Å². The lowest BCUT2D eigenvalue weighted by molar-refractivity contribution is -0.145. The van der Waals surface area contributed by atoms with E-state index in [0.29, 0.717) is 5.57 Å². The highest BCUT2D eigenvalue weighted by Crippen LogP contribution is 2.29. The molecule has 0 spiro atoms. The second-order valence-corrected chi connectivity index (χ2v) is 10.9. The van der Waals surface area contributed by atoms with Crippen LogP contribution in [0.3, 0.4) is 0 Å². The summed E-state index contributed by atoms with van der Waals surface area (Å²) in [5, 5.41) is 11.5. The van der Waals surface area contributed by atoms with Crippen LogP contribution in [-0.4, -0.2) is 70.5 Å². The Hall–Kier alpha value is -4.00. The van der Waals surface area contributed by atoms with Crippen molar-refractivity contribution >= 4 is 52.1 Å². The summed E-state index contributed by atoms with van der Waals surface area (Å²) in [5.41, 5.74) is 3.47. The van der Waals surface area contributed by atoms with Crippen molar-refractivity contribution in [2.24, 2.45) is 0 Å². The van der Waals surface area contributed by atoms with Crippen LogP contribution in [0.25, 0.3) is 5.82 Å². The number of hydrogen-bond donors (Lipinski definition) is 2. The molecule has 3 heterocycles. The van der Waals surface area contributed by atoms with E-state index in [4.69, 9.17) is 11.6 Å². The quantitative estimate of drug-likeness (QED) is 0.224. The zero-order chi connectivity index (χ0) is 30.8. The average Bonchev–Trinajstić information content (AvgIpc) is 3.57. The Kier molecular flexibility index (Phi) is 9.19. The molecular weight excluding hydrogens is 698 g/mol. The van der Waals surface area contributed by atoms with E-state index in [1.807, 2.05) is 6.08 Å². The standard InChI is InChI=1S/C24H22ClF3IN9O4/c1-12-7-13(29)8-15(20(39)34-36(2)23(41)42-3)18(12)32-21(40)17-9-14(10-37-11-31-22(35-37)24(26,27)28)33-38(17)19-16(25)5-4-6-30-19/h4-7,9,11,13H,8,10H2,1-3H3,(H,32,40)(H,34,39). The number of methoxy groups -OCH3 is 1. The third-order valence-corrected chi connectivity index (χ3v) is 6.90. The molecule has 3 aromatic heterocycles. The van der Waals surface area contributed by atoms with Crippen molar-refractivity contribution in [1.82, 2.24) is 45.3 Å². The number of amides is 3. The van der Waals surface area contributed by atoms with E-state index in [2.05, 4.69) is 58.2 Å². The van der Waals surface area contributed by atoms with Gasteiger partial charge < -0.3 is 10.1 Å². The third kappa shape index (κ3) is 6.89. The zero-order valence-electron chi connectivity index (χ0n) is 22.1. The number of allylic oxidation sites excluding steroid dienone is 2. The van der Waals surface area contributed by atoms with Gasteiger partial charge >= 0.3 is 12.3 Å². The highest BCUT2D eigenvalue weighted by atomic mass is 127. The summed E-state index contributed by atoms with van der Waals surface area (Å²) in [6.45, 7) is 1.45. The van der Waals surface area contributed by atoms with E-state index in [0.717, 1.165) is 27.8 Å². The fraction of sp³-hybridized carbons (Fsp3) is 0.292. The van der Waals surface area contributed by atoms with E-state index in [1.54, 1.807) is 13.0 Å². The van der Waals surface area contributed by atoms with Gasteiger partial charge in [0.15, 0.2) is 5.82 Å². The van der Waals surface area contributed by atoms with Crippen LogP contribution in [-0.2, 0) is 22.3 Å². The number of carbonyl (C=O) groups excluding carboxylic acids is 3. The molecule has 13 nitrogen and oxygen atoms in total. The zero-order valence-corrected chi connectivity index (χ0v) is 25.0. The van der Waals surface area contributed by atoms with Crippen LogP contribution in [0.1, 0.15) is 35.4 Å². The Bertz CT molecular complexity index is 1600. The minimum Gasteiger partial charge on any atom is -0.452 e. The predicted molar refractivity (Wildman–Crippen MR) is 149 cm³/mol. The number of aromatic nitrogens is 6.